The summed E-state index contributed by atoms with van der Waals surface area (Å²) in [7, 11) is 1.81. The molecule has 0 radical (unpaired) electrons. The van der Waals surface area contributed by atoms with Crippen LogP contribution < -0.4 is 4.90 Å². The van der Waals surface area contributed by atoms with Gasteiger partial charge < -0.3 is 9.80 Å². The first kappa shape index (κ1) is 21.5. The molecular formula is C28H27FN6O. The van der Waals surface area contributed by atoms with Gasteiger partial charge in [0.15, 0.2) is 0 Å². The van der Waals surface area contributed by atoms with E-state index in [2.05, 4.69) is 22.0 Å². The second-order valence-corrected chi connectivity index (χ2v) is 10.4. The van der Waals surface area contributed by atoms with Crippen LogP contribution in [0.25, 0.3) is 22.4 Å². The molecule has 1 saturated carbocycles. The standard InChI is InChI=1S/C28H27FN6O/c1-3-28(20-6-4-5-7-22(20)29)19-10-11-35(15-21(19)28)23-13-30-25-24(32-33-26(25)31-23)16-8-9-18-17(12-16)14-34(2)27(18)36/h4-9,12-13,19,21H,3,10-11,14-15H2,1-2H3,(H,31,32,33)/t19-,21+,28-/m1/s1. The average Bonchev–Trinajstić information content (AvgIpc) is 3.18. The van der Waals surface area contributed by atoms with Crippen molar-refractivity contribution >= 4 is 22.9 Å². The minimum Gasteiger partial charge on any atom is -0.355 e. The van der Waals surface area contributed by atoms with E-state index in [4.69, 9.17) is 9.97 Å². The minimum atomic E-state index is -0.0897. The summed E-state index contributed by atoms with van der Waals surface area (Å²) in [6.07, 6.45) is 3.78. The Labute approximate surface area is 208 Å². The largest absolute Gasteiger partial charge is 0.355 e. The number of rotatable bonds is 4. The molecule has 0 bridgehead atoms. The molecule has 36 heavy (non-hydrogen) atoms. The molecule has 1 saturated heterocycles. The number of nitrogens with zero attached hydrogens (tertiary/aromatic N) is 5. The van der Waals surface area contributed by atoms with E-state index >= 15 is 0 Å². The second kappa shape index (κ2) is 7.59. The summed E-state index contributed by atoms with van der Waals surface area (Å²) in [6, 6.07) is 13.1. The number of carbonyl (C=O) groups excluding carboxylic acids is 1. The number of fused-ring (bicyclic) bond motifs is 3. The van der Waals surface area contributed by atoms with Gasteiger partial charge in [-0.2, -0.15) is 5.10 Å². The van der Waals surface area contributed by atoms with E-state index < -0.39 is 0 Å². The van der Waals surface area contributed by atoms with Crippen molar-refractivity contribution < 1.29 is 9.18 Å². The van der Waals surface area contributed by atoms with Gasteiger partial charge in [-0.05, 0) is 54.0 Å². The van der Waals surface area contributed by atoms with E-state index in [1.165, 1.54) is 0 Å². The van der Waals surface area contributed by atoms with Gasteiger partial charge >= 0.3 is 0 Å². The smallest absolute Gasteiger partial charge is 0.254 e. The van der Waals surface area contributed by atoms with Crippen LogP contribution in [0, 0.1) is 17.7 Å². The maximum atomic E-state index is 14.7. The molecule has 182 valence electrons. The van der Waals surface area contributed by atoms with Gasteiger partial charge in [0, 0.05) is 43.2 Å². The molecule has 3 aliphatic rings. The van der Waals surface area contributed by atoms with Gasteiger partial charge in [0.2, 0.25) is 5.65 Å². The van der Waals surface area contributed by atoms with Crippen molar-refractivity contribution in [2.24, 2.45) is 11.8 Å². The van der Waals surface area contributed by atoms with Crippen LogP contribution in [0.15, 0.2) is 48.7 Å². The summed E-state index contributed by atoms with van der Waals surface area (Å²) in [5.74, 6) is 1.69. The second-order valence-electron chi connectivity index (χ2n) is 10.4. The van der Waals surface area contributed by atoms with Crippen molar-refractivity contribution in [1.29, 1.82) is 0 Å². The summed E-state index contributed by atoms with van der Waals surface area (Å²) in [4.78, 5) is 25.8. The molecule has 7 rings (SSSR count). The number of hydrogen-bond acceptors (Lipinski definition) is 5. The Balaban J connectivity index is 1.16. The van der Waals surface area contributed by atoms with Gasteiger partial charge in [0.05, 0.1) is 11.9 Å². The number of aromatic amines is 1. The predicted octanol–water partition coefficient (Wildman–Crippen LogP) is 4.55. The van der Waals surface area contributed by atoms with E-state index in [0.29, 0.717) is 29.5 Å². The average molecular weight is 483 g/mol. The van der Waals surface area contributed by atoms with Crippen molar-refractivity contribution in [2.75, 3.05) is 25.0 Å². The van der Waals surface area contributed by atoms with Gasteiger partial charge in [0.1, 0.15) is 17.2 Å². The Morgan fingerprint density at radius 3 is 2.89 bits per heavy atom. The molecule has 8 heteroatoms. The van der Waals surface area contributed by atoms with Crippen LogP contribution in [0.2, 0.25) is 0 Å². The molecular weight excluding hydrogens is 455 g/mol. The van der Waals surface area contributed by atoms with Crippen LogP contribution in [0.1, 0.15) is 41.3 Å². The summed E-state index contributed by atoms with van der Waals surface area (Å²) in [5, 5.41) is 7.56. The molecule has 1 aliphatic carbocycles. The van der Waals surface area contributed by atoms with E-state index in [0.717, 1.165) is 59.7 Å². The number of halogens is 1. The maximum absolute atomic E-state index is 14.7. The van der Waals surface area contributed by atoms with Gasteiger partial charge in [-0.3, -0.25) is 9.89 Å². The summed E-state index contributed by atoms with van der Waals surface area (Å²) in [5.41, 5.74) is 5.58. The van der Waals surface area contributed by atoms with Crippen molar-refractivity contribution in [3.63, 3.8) is 0 Å². The molecule has 2 aliphatic heterocycles. The predicted molar refractivity (Wildman–Crippen MR) is 135 cm³/mol. The van der Waals surface area contributed by atoms with Crippen molar-refractivity contribution in [3.8, 4) is 11.3 Å². The number of H-pyrrole nitrogens is 1. The number of piperidine rings is 1. The number of hydrogen-bond donors (Lipinski definition) is 1. The third-order valence-corrected chi connectivity index (χ3v) is 8.74. The monoisotopic (exact) mass is 482 g/mol. The lowest BCUT2D eigenvalue weighted by molar-refractivity contribution is 0.0816. The lowest BCUT2D eigenvalue weighted by Crippen LogP contribution is -2.32. The fourth-order valence-corrected chi connectivity index (χ4v) is 6.90. The Morgan fingerprint density at radius 2 is 2.06 bits per heavy atom. The highest BCUT2D eigenvalue weighted by Gasteiger charge is 2.65. The van der Waals surface area contributed by atoms with E-state index in [9.17, 15) is 9.18 Å². The van der Waals surface area contributed by atoms with Crippen molar-refractivity contribution in [2.45, 2.75) is 31.7 Å². The first-order chi connectivity index (χ1) is 17.5. The molecule has 1 N–H and O–H groups in total. The van der Waals surface area contributed by atoms with Gasteiger partial charge in [-0.15, -0.1) is 0 Å². The van der Waals surface area contributed by atoms with Crippen molar-refractivity contribution in [3.05, 3.63) is 71.2 Å². The highest BCUT2D eigenvalue weighted by molar-refractivity contribution is 5.99. The number of carbonyl (C=O) groups is 1. The number of amides is 1. The summed E-state index contributed by atoms with van der Waals surface area (Å²) < 4.78 is 14.7. The molecule has 1 amide bonds. The van der Waals surface area contributed by atoms with Crippen LogP contribution >= 0.6 is 0 Å². The molecule has 0 unspecified atom stereocenters. The number of benzene rings is 2. The quantitative estimate of drug-likeness (QED) is 0.462. The molecule has 7 nitrogen and oxygen atoms in total. The molecule has 2 fully saturated rings. The normalized spacial score (nSPS) is 24.8. The molecule has 0 spiro atoms. The van der Waals surface area contributed by atoms with Crippen LogP contribution in [0.3, 0.4) is 0 Å². The summed E-state index contributed by atoms with van der Waals surface area (Å²) in [6.45, 7) is 4.50. The number of aromatic nitrogens is 4. The van der Waals surface area contributed by atoms with Crippen LogP contribution in [0.5, 0.6) is 0 Å². The maximum Gasteiger partial charge on any atom is 0.254 e. The number of anilines is 1. The fraction of sp³-hybridized carbons (Fsp3) is 0.357. The summed E-state index contributed by atoms with van der Waals surface area (Å²) >= 11 is 0. The fourth-order valence-electron chi connectivity index (χ4n) is 6.90. The van der Waals surface area contributed by atoms with Crippen LogP contribution in [-0.2, 0) is 12.0 Å². The Morgan fingerprint density at radius 1 is 1.19 bits per heavy atom. The highest BCUT2D eigenvalue weighted by Crippen LogP contribution is 2.65. The molecule has 2 aromatic carbocycles. The lowest BCUT2D eigenvalue weighted by Gasteiger charge is -2.26. The third kappa shape index (κ3) is 2.90. The third-order valence-electron chi connectivity index (χ3n) is 8.74. The molecule has 2 aromatic heterocycles. The Kier molecular flexibility index (Phi) is 4.53. The highest BCUT2D eigenvalue weighted by atomic mass is 19.1. The Bertz CT molecular complexity index is 1530. The van der Waals surface area contributed by atoms with Gasteiger partial charge in [-0.25, -0.2) is 14.4 Å². The van der Waals surface area contributed by atoms with Gasteiger partial charge in [0.25, 0.3) is 5.91 Å². The molecule has 4 heterocycles. The first-order valence-corrected chi connectivity index (χ1v) is 12.6. The van der Waals surface area contributed by atoms with E-state index in [1.807, 2.05) is 43.6 Å². The Hall–Kier alpha value is -3.81. The minimum absolute atomic E-state index is 0.0528. The van der Waals surface area contributed by atoms with Crippen LogP contribution in [-0.4, -0.2) is 51.1 Å². The van der Waals surface area contributed by atoms with E-state index in [-0.39, 0.29) is 17.1 Å². The molecule has 4 aromatic rings. The molecule has 3 atom stereocenters. The van der Waals surface area contributed by atoms with Crippen LogP contribution in [0.4, 0.5) is 10.2 Å². The topological polar surface area (TPSA) is 78.0 Å². The van der Waals surface area contributed by atoms with Gasteiger partial charge in [-0.1, -0.05) is 31.2 Å². The zero-order valence-electron chi connectivity index (χ0n) is 20.3. The van der Waals surface area contributed by atoms with Crippen molar-refractivity contribution in [1.82, 2.24) is 25.1 Å². The SMILES string of the molecule is CC[C@]1(c2ccccc2F)[C@@H]2CCN(c3cnc4c(-c5ccc6c(c5)CN(C)C6=O)[nH]nc4n3)C[C@@H]21. The lowest BCUT2D eigenvalue weighted by atomic mass is 9.88. The zero-order valence-corrected chi connectivity index (χ0v) is 20.3. The first-order valence-electron chi connectivity index (χ1n) is 12.6. The van der Waals surface area contributed by atoms with E-state index in [1.54, 1.807) is 17.0 Å². The zero-order chi connectivity index (χ0) is 24.6. The number of nitrogens with one attached hydrogen (secondary N) is 1.